The molecule has 154 valence electrons. The van der Waals surface area contributed by atoms with Gasteiger partial charge < -0.3 is 15.3 Å². The highest BCUT2D eigenvalue weighted by atomic mass is 16.3. The summed E-state index contributed by atoms with van der Waals surface area (Å²) in [6, 6.07) is 0. The predicted molar refractivity (Wildman–Crippen MR) is 113 cm³/mol. The van der Waals surface area contributed by atoms with Crippen LogP contribution in [-0.2, 0) is 0 Å². The highest BCUT2D eigenvalue weighted by Crippen LogP contribution is 2.49. The predicted octanol–water partition coefficient (Wildman–Crippen LogP) is 5.84. The zero-order valence-electron chi connectivity index (χ0n) is 17.4. The Morgan fingerprint density at radius 1 is 1.04 bits per heavy atom. The third kappa shape index (κ3) is 7.12. The monoisotopic (exact) mass is 376 g/mol. The molecule has 1 saturated carbocycles. The highest BCUT2D eigenvalue weighted by Gasteiger charge is 2.46. The zero-order chi connectivity index (χ0) is 19.6. The van der Waals surface area contributed by atoms with Crippen molar-refractivity contribution in [3.05, 3.63) is 35.1 Å². The van der Waals surface area contributed by atoms with Crippen LogP contribution in [0, 0.1) is 17.8 Å². The molecule has 0 heterocycles. The molecule has 4 atom stereocenters. The van der Waals surface area contributed by atoms with Crippen LogP contribution < -0.4 is 0 Å². The van der Waals surface area contributed by atoms with Crippen molar-refractivity contribution in [1.82, 2.24) is 0 Å². The molecule has 1 fully saturated rings. The Labute approximate surface area is 165 Å². The van der Waals surface area contributed by atoms with Gasteiger partial charge in [0.25, 0.3) is 0 Å². The van der Waals surface area contributed by atoms with Gasteiger partial charge in [0, 0.05) is 12.5 Å². The SMILES string of the molecule is CC(C)=CCCCCCC=C(O)[C@@H]1[C@@H]2CC(CCCCCO)=C[C@@H]2C[C@H]1O. The van der Waals surface area contributed by atoms with Gasteiger partial charge in [0.1, 0.15) is 0 Å². The van der Waals surface area contributed by atoms with E-state index in [9.17, 15) is 10.2 Å². The van der Waals surface area contributed by atoms with E-state index in [0.29, 0.717) is 17.6 Å². The maximum atomic E-state index is 10.6. The third-order valence-corrected chi connectivity index (χ3v) is 6.20. The summed E-state index contributed by atoms with van der Waals surface area (Å²) >= 11 is 0. The Bertz CT molecular complexity index is 528. The minimum absolute atomic E-state index is 0.0770. The number of rotatable bonds is 12. The van der Waals surface area contributed by atoms with Crippen LogP contribution in [0.25, 0.3) is 0 Å². The summed E-state index contributed by atoms with van der Waals surface area (Å²) in [7, 11) is 0. The van der Waals surface area contributed by atoms with Crippen LogP contribution in [0.4, 0.5) is 0 Å². The molecule has 2 aliphatic carbocycles. The molecule has 0 aromatic rings. The van der Waals surface area contributed by atoms with Gasteiger partial charge >= 0.3 is 0 Å². The highest BCUT2D eigenvalue weighted by molar-refractivity contribution is 5.22. The van der Waals surface area contributed by atoms with Crippen LogP contribution in [0.1, 0.15) is 84.5 Å². The molecular formula is C24H40O3. The van der Waals surface area contributed by atoms with E-state index in [4.69, 9.17) is 5.11 Å². The Morgan fingerprint density at radius 2 is 1.74 bits per heavy atom. The van der Waals surface area contributed by atoms with E-state index in [-0.39, 0.29) is 12.5 Å². The summed E-state index contributed by atoms with van der Waals surface area (Å²) in [5.41, 5.74) is 2.88. The second-order valence-electron chi connectivity index (χ2n) is 8.77. The van der Waals surface area contributed by atoms with Crippen molar-refractivity contribution >= 4 is 0 Å². The standard InChI is InChI=1S/C24H40O3/c1-18(2)11-7-4-3-5-9-13-22(26)24-21-16-19(12-8-6-10-14-25)15-20(21)17-23(24)27/h11,13,15,20-21,23-27H,3-10,12,14,16-17H2,1-2H3/t20-,21-,23-,24+/m1/s1. The lowest BCUT2D eigenvalue weighted by molar-refractivity contribution is 0.109. The average Bonchev–Trinajstić information content (AvgIpc) is 3.13. The van der Waals surface area contributed by atoms with Gasteiger partial charge in [-0.2, -0.15) is 0 Å². The molecular weight excluding hydrogens is 336 g/mol. The number of fused-ring (bicyclic) bond motifs is 1. The van der Waals surface area contributed by atoms with Gasteiger partial charge in [-0.25, -0.2) is 0 Å². The van der Waals surface area contributed by atoms with Crippen LogP contribution in [0.5, 0.6) is 0 Å². The molecule has 0 bridgehead atoms. The van der Waals surface area contributed by atoms with Gasteiger partial charge in [-0.05, 0) is 89.5 Å². The molecule has 0 radical (unpaired) electrons. The fraction of sp³-hybridized carbons (Fsp3) is 0.750. The van der Waals surface area contributed by atoms with Gasteiger partial charge in [-0.15, -0.1) is 0 Å². The fourth-order valence-corrected chi connectivity index (χ4v) is 4.78. The molecule has 0 amide bonds. The molecule has 3 heteroatoms. The molecule has 0 saturated heterocycles. The van der Waals surface area contributed by atoms with E-state index in [2.05, 4.69) is 26.0 Å². The second kappa shape index (κ2) is 11.7. The molecule has 0 aromatic carbocycles. The summed E-state index contributed by atoms with van der Waals surface area (Å²) in [6.07, 6.45) is 17.8. The van der Waals surface area contributed by atoms with E-state index in [1.165, 1.54) is 24.0 Å². The molecule has 0 aromatic heterocycles. The Kier molecular flexibility index (Phi) is 9.64. The Hall–Kier alpha value is -1.06. The first-order chi connectivity index (χ1) is 13.0. The van der Waals surface area contributed by atoms with Crippen molar-refractivity contribution in [1.29, 1.82) is 0 Å². The lowest BCUT2D eigenvalue weighted by Crippen LogP contribution is -2.21. The summed E-state index contributed by atoms with van der Waals surface area (Å²) in [6.45, 7) is 4.56. The van der Waals surface area contributed by atoms with Crippen molar-refractivity contribution in [3.63, 3.8) is 0 Å². The largest absolute Gasteiger partial charge is 0.512 e. The first-order valence-corrected chi connectivity index (χ1v) is 11.0. The molecule has 2 rings (SSSR count). The van der Waals surface area contributed by atoms with Crippen LogP contribution in [0.3, 0.4) is 0 Å². The second-order valence-corrected chi connectivity index (χ2v) is 8.77. The van der Waals surface area contributed by atoms with Crippen LogP contribution >= 0.6 is 0 Å². The van der Waals surface area contributed by atoms with E-state index in [0.717, 1.165) is 57.8 Å². The van der Waals surface area contributed by atoms with Gasteiger partial charge in [-0.1, -0.05) is 36.1 Å². The number of unbranched alkanes of at least 4 members (excludes halogenated alkanes) is 6. The summed E-state index contributed by atoms with van der Waals surface area (Å²) in [5, 5.41) is 30.0. The molecule has 0 spiro atoms. The molecule has 27 heavy (non-hydrogen) atoms. The third-order valence-electron chi connectivity index (χ3n) is 6.20. The minimum atomic E-state index is -0.402. The summed E-state index contributed by atoms with van der Waals surface area (Å²) in [4.78, 5) is 0. The van der Waals surface area contributed by atoms with Crippen molar-refractivity contribution in [2.24, 2.45) is 17.8 Å². The van der Waals surface area contributed by atoms with Gasteiger partial charge in [0.2, 0.25) is 0 Å². The van der Waals surface area contributed by atoms with Crippen molar-refractivity contribution in [2.45, 2.75) is 90.6 Å². The van der Waals surface area contributed by atoms with Crippen molar-refractivity contribution < 1.29 is 15.3 Å². The van der Waals surface area contributed by atoms with Crippen molar-refractivity contribution in [2.75, 3.05) is 6.61 Å². The number of aliphatic hydroxyl groups excluding tert-OH is 3. The quantitative estimate of drug-likeness (QED) is 0.228. The molecule has 3 nitrogen and oxygen atoms in total. The molecule has 3 N–H and O–H groups in total. The Balaban J connectivity index is 1.74. The number of aliphatic hydroxyl groups is 3. The Morgan fingerprint density at radius 3 is 2.44 bits per heavy atom. The van der Waals surface area contributed by atoms with E-state index in [1.807, 2.05) is 6.08 Å². The van der Waals surface area contributed by atoms with Gasteiger partial charge in [0.05, 0.1) is 11.9 Å². The maximum absolute atomic E-state index is 10.6. The van der Waals surface area contributed by atoms with E-state index in [1.54, 1.807) is 0 Å². The lowest BCUT2D eigenvalue weighted by atomic mass is 9.87. The summed E-state index contributed by atoms with van der Waals surface area (Å²) < 4.78 is 0. The number of hydrogen-bond donors (Lipinski definition) is 3. The first-order valence-electron chi connectivity index (χ1n) is 11.0. The van der Waals surface area contributed by atoms with Crippen LogP contribution in [-0.4, -0.2) is 28.0 Å². The minimum Gasteiger partial charge on any atom is -0.512 e. The van der Waals surface area contributed by atoms with Crippen LogP contribution in [0.2, 0.25) is 0 Å². The van der Waals surface area contributed by atoms with Gasteiger partial charge in [0.15, 0.2) is 0 Å². The first kappa shape index (κ1) is 22.2. The normalized spacial score (nSPS) is 27.6. The topological polar surface area (TPSA) is 60.7 Å². The fourth-order valence-electron chi connectivity index (χ4n) is 4.78. The smallest absolute Gasteiger partial charge is 0.0942 e. The molecule has 2 aliphatic rings. The zero-order valence-corrected chi connectivity index (χ0v) is 17.4. The summed E-state index contributed by atoms with van der Waals surface area (Å²) in [5.74, 6) is 1.15. The van der Waals surface area contributed by atoms with Crippen LogP contribution in [0.15, 0.2) is 35.1 Å². The number of allylic oxidation sites excluding steroid dienone is 5. The van der Waals surface area contributed by atoms with Crippen molar-refractivity contribution in [3.8, 4) is 0 Å². The lowest BCUT2D eigenvalue weighted by Gasteiger charge is -2.21. The molecule has 0 unspecified atom stereocenters. The van der Waals surface area contributed by atoms with E-state index >= 15 is 0 Å². The average molecular weight is 377 g/mol. The maximum Gasteiger partial charge on any atom is 0.0942 e. The van der Waals surface area contributed by atoms with Gasteiger partial charge in [-0.3, -0.25) is 0 Å². The van der Waals surface area contributed by atoms with E-state index < -0.39 is 6.10 Å². The molecule has 0 aliphatic heterocycles. The number of hydrogen-bond acceptors (Lipinski definition) is 3.